The number of alkyl halides is 1. The van der Waals surface area contributed by atoms with Crippen molar-refractivity contribution in [1.82, 2.24) is 4.90 Å². The van der Waals surface area contributed by atoms with Gasteiger partial charge in [-0.2, -0.15) is 0 Å². The van der Waals surface area contributed by atoms with Crippen molar-refractivity contribution in [1.29, 1.82) is 0 Å². The smallest absolute Gasteiger partial charge is 0.262 e. The van der Waals surface area contributed by atoms with Gasteiger partial charge in [0, 0.05) is 0 Å². The molecule has 1 aromatic rings. The van der Waals surface area contributed by atoms with Gasteiger partial charge in [0.15, 0.2) is 0 Å². The van der Waals surface area contributed by atoms with E-state index in [1.165, 1.54) is 4.90 Å². The zero-order valence-electron chi connectivity index (χ0n) is 9.65. The molecular formula is C13H14INO2. The summed E-state index contributed by atoms with van der Waals surface area (Å²) in [6.07, 6.45) is 2.96. The molecule has 1 heterocycles. The summed E-state index contributed by atoms with van der Waals surface area (Å²) < 4.78 is -0.0417. The van der Waals surface area contributed by atoms with Crippen LogP contribution in [0.4, 0.5) is 0 Å². The molecule has 3 nitrogen and oxygen atoms in total. The molecule has 2 rings (SSSR count). The van der Waals surface area contributed by atoms with Gasteiger partial charge in [0.2, 0.25) is 0 Å². The second-order valence-electron chi connectivity index (χ2n) is 4.10. The van der Waals surface area contributed by atoms with Crippen molar-refractivity contribution >= 4 is 34.4 Å². The van der Waals surface area contributed by atoms with Crippen molar-refractivity contribution in [3.05, 3.63) is 35.4 Å². The highest BCUT2D eigenvalue weighted by atomic mass is 127. The first-order valence-electron chi connectivity index (χ1n) is 5.77. The highest BCUT2D eigenvalue weighted by molar-refractivity contribution is 14.1. The standard InChI is InChI=1S/C13H14INO2/c1-2-3-8-11(14)15-12(16)9-6-4-5-7-10(9)13(15)17/h4-7,11H,2-3,8H2,1H3. The van der Waals surface area contributed by atoms with Gasteiger partial charge in [0.1, 0.15) is 0 Å². The molecular weight excluding hydrogens is 329 g/mol. The highest BCUT2D eigenvalue weighted by Crippen LogP contribution is 2.28. The summed E-state index contributed by atoms with van der Waals surface area (Å²) in [5.41, 5.74) is 1.08. The minimum atomic E-state index is -0.152. The third kappa shape index (κ3) is 2.22. The number of hydrogen-bond acceptors (Lipinski definition) is 2. The Balaban J connectivity index is 2.24. The molecule has 1 unspecified atom stereocenters. The third-order valence-corrected chi connectivity index (χ3v) is 4.08. The molecule has 90 valence electrons. The summed E-state index contributed by atoms with van der Waals surface area (Å²) in [5.74, 6) is -0.304. The Morgan fingerprint density at radius 3 is 2.18 bits per heavy atom. The molecule has 2 amide bonds. The van der Waals surface area contributed by atoms with Crippen LogP contribution in [0.3, 0.4) is 0 Å². The Morgan fingerprint density at radius 2 is 1.71 bits per heavy atom. The normalized spacial score (nSPS) is 16.2. The maximum Gasteiger partial charge on any atom is 0.262 e. The molecule has 1 aromatic carbocycles. The van der Waals surface area contributed by atoms with Gasteiger partial charge in [-0.1, -0.05) is 54.5 Å². The topological polar surface area (TPSA) is 37.4 Å². The van der Waals surface area contributed by atoms with Gasteiger partial charge < -0.3 is 0 Å². The molecule has 0 bridgehead atoms. The van der Waals surface area contributed by atoms with Gasteiger partial charge in [-0.3, -0.25) is 14.5 Å². The first-order chi connectivity index (χ1) is 8.16. The van der Waals surface area contributed by atoms with E-state index in [0.717, 1.165) is 19.3 Å². The Morgan fingerprint density at radius 1 is 1.18 bits per heavy atom. The van der Waals surface area contributed by atoms with Crippen molar-refractivity contribution in [3.63, 3.8) is 0 Å². The van der Waals surface area contributed by atoms with Crippen LogP contribution >= 0.6 is 22.6 Å². The third-order valence-electron chi connectivity index (χ3n) is 2.90. The van der Waals surface area contributed by atoms with E-state index in [1.54, 1.807) is 24.3 Å². The van der Waals surface area contributed by atoms with Crippen LogP contribution in [-0.4, -0.2) is 20.8 Å². The molecule has 1 aliphatic heterocycles. The number of nitrogens with zero attached hydrogens (tertiary/aromatic N) is 1. The van der Waals surface area contributed by atoms with Gasteiger partial charge in [0.25, 0.3) is 11.8 Å². The van der Waals surface area contributed by atoms with Crippen LogP contribution in [0.2, 0.25) is 0 Å². The van der Waals surface area contributed by atoms with Crippen LogP contribution in [-0.2, 0) is 0 Å². The Labute approximate surface area is 114 Å². The number of hydrogen-bond donors (Lipinski definition) is 0. The number of benzene rings is 1. The zero-order chi connectivity index (χ0) is 12.4. The number of carbonyl (C=O) groups is 2. The number of carbonyl (C=O) groups excluding carboxylic acids is 2. The number of halogens is 1. The Bertz CT molecular complexity index is 423. The number of amides is 2. The van der Waals surface area contributed by atoms with Gasteiger partial charge >= 0.3 is 0 Å². The van der Waals surface area contributed by atoms with Crippen molar-refractivity contribution in [3.8, 4) is 0 Å². The summed E-state index contributed by atoms with van der Waals surface area (Å²) in [4.78, 5) is 25.6. The molecule has 0 fully saturated rings. The van der Waals surface area contributed by atoms with Gasteiger partial charge in [-0.05, 0) is 18.6 Å². The summed E-state index contributed by atoms with van der Waals surface area (Å²) in [7, 11) is 0. The minimum absolute atomic E-state index is 0.0417. The van der Waals surface area contributed by atoms with E-state index < -0.39 is 0 Å². The van der Waals surface area contributed by atoms with Gasteiger partial charge in [-0.15, -0.1) is 0 Å². The van der Waals surface area contributed by atoms with Crippen molar-refractivity contribution in [2.24, 2.45) is 0 Å². The van der Waals surface area contributed by atoms with E-state index in [9.17, 15) is 9.59 Å². The number of fused-ring (bicyclic) bond motifs is 1. The van der Waals surface area contributed by atoms with E-state index in [-0.39, 0.29) is 15.9 Å². The predicted octanol–water partition coefficient (Wildman–Crippen LogP) is 3.23. The van der Waals surface area contributed by atoms with Crippen LogP contribution in [0.1, 0.15) is 46.9 Å². The molecule has 0 aliphatic carbocycles. The number of rotatable bonds is 4. The highest BCUT2D eigenvalue weighted by Gasteiger charge is 2.38. The first-order valence-corrected chi connectivity index (χ1v) is 7.02. The average molecular weight is 343 g/mol. The molecule has 0 radical (unpaired) electrons. The van der Waals surface area contributed by atoms with E-state index in [1.807, 2.05) is 0 Å². The maximum absolute atomic E-state index is 12.1. The van der Waals surface area contributed by atoms with Crippen LogP contribution in [0.5, 0.6) is 0 Å². The second-order valence-corrected chi connectivity index (χ2v) is 5.54. The zero-order valence-corrected chi connectivity index (χ0v) is 11.8. The monoisotopic (exact) mass is 343 g/mol. The van der Waals surface area contributed by atoms with E-state index >= 15 is 0 Å². The van der Waals surface area contributed by atoms with Crippen molar-refractivity contribution in [2.45, 2.75) is 30.2 Å². The second kappa shape index (κ2) is 5.16. The van der Waals surface area contributed by atoms with Gasteiger partial charge in [0.05, 0.1) is 15.2 Å². The average Bonchev–Trinajstić information content (AvgIpc) is 2.60. The lowest BCUT2D eigenvalue weighted by Crippen LogP contribution is -2.36. The number of unbranched alkanes of at least 4 members (excludes halogenated alkanes) is 1. The molecule has 4 heteroatoms. The maximum atomic E-state index is 12.1. The molecule has 17 heavy (non-hydrogen) atoms. The van der Waals surface area contributed by atoms with Crippen LogP contribution in [0, 0.1) is 0 Å². The molecule has 0 aromatic heterocycles. The lowest BCUT2D eigenvalue weighted by atomic mass is 10.1. The Hall–Kier alpha value is -0.910. The summed E-state index contributed by atoms with van der Waals surface area (Å²) in [6.45, 7) is 2.10. The number of imide groups is 1. The van der Waals surface area contributed by atoms with Crippen LogP contribution in [0.15, 0.2) is 24.3 Å². The quantitative estimate of drug-likeness (QED) is 0.364. The molecule has 1 aliphatic rings. The summed E-state index contributed by atoms with van der Waals surface area (Å²) >= 11 is 2.18. The van der Waals surface area contributed by atoms with Crippen molar-refractivity contribution < 1.29 is 9.59 Å². The lowest BCUT2D eigenvalue weighted by molar-refractivity contribution is 0.0641. The first kappa shape index (κ1) is 12.5. The molecule has 0 N–H and O–H groups in total. The fourth-order valence-electron chi connectivity index (χ4n) is 1.96. The van der Waals surface area contributed by atoms with Gasteiger partial charge in [-0.25, -0.2) is 0 Å². The molecule has 0 saturated carbocycles. The van der Waals surface area contributed by atoms with E-state index in [0.29, 0.717) is 11.1 Å². The molecule has 0 saturated heterocycles. The van der Waals surface area contributed by atoms with E-state index in [4.69, 9.17) is 0 Å². The lowest BCUT2D eigenvalue weighted by Gasteiger charge is -2.20. The van der Waals surface area contributed by atoms with Crippen LogP contribution in [0.25, 0.3) is 0 Å². The van der Waals surface area contributed by atoms with Crippen molar-refractivity contribution in [2.75, 3.05) is 0 Å². The summed E-state index contributed by atoms with van der Waals surface area (Å²) in [6, 6.07) is 7.03. The Kier molecular flexibility index (Phi) is 3.81. The van der Waals surface area contributed by atoms with Crippen LogP contribution < -0.4 is 0 Å². The largest absolute Gasteiger partial charge is 0.269 e. The SMILES string of the molecule is CCCCC(I)N1C(=O)c2ccccc2C1=O. The predicted molar refractivity (Wildman–Crippen MR) is 74.3 cm³/mol. The minimum Gasteiger partial charge on any atom is -0.269 e. The fraction of sp³-hybridized carbons (Fsp3) is 0.385. The fourth-order valence-corrected chi connectivity index (χ4v) is 2.91. The molecule has 1 atom stereocenters. The summed E-state index contributed by atoms with van der Waals surface area (Å²) in [5, 5.41) is 0. The van der Waals surface area contributed by atoms with E-state index in [2.05, 4.69) is 29.5 Å². The molecule has 0 spiro atoms.